The van der Waals surface area contributed by atoms with E-state index in [-0.39, 0.29) is 0 Å². The van der Waals surface area contributed by atoms with Crippen molar-refractivity contribution in [1.82, 2.24) is 0 Å². The molecule has 0 amide bonds. The molecule has 0 spiro atoms. The quantitative estimate of drug-likeness (QED) is 0.517. The van der Waals surface area contributed by atoms with Crippen molar-refractivity contribution in [2.45, 2.75) is 64.3 Å². The van der Waals surface area contributed by atoms with Crippen LogP contribution < -0.4 is 0 Å². The predicted octanol–water partition coefficient (Wildman–Crippen LogP) is 4.39. The number of rotatable bonds is 6. The zero-order valence-corrected chi connectivity index (χ0v) is 12.1. The first-order valence-electron chi connectivity index (χ1n) is 6.26. The van der Waals surface area contributed by atoms with Crippen LogP contribution in [0, 0.1) is 11.3 Å². The average Bonchev–Trinajstić information content (AvgIpc) is 2.20. The van der Waals surface area contributed by atoms with Gasteiger partial charge in [0.25, 0.3) is 0 Å². The van der Waals surface area contributed by atoms with Gasteiger partial charge >= 0.3 is 0 Å². The molecule has 1 saturated carbocycles. The lowest BCUT2D eigenvalue weighted by atomic mass is 9.66. The first kappa shape index (κ1) is 13.5. The molecule has 15 heavy (non-hydrogen) atoms. The molecule has 3 unspecified atom stereocenters. The third-order valence-electron chi connectivity index (χ3n) is 3.88. The van der Waals surface area contributed by atoms with Crippen molar-refractivity contribution in [3.63, 3.8) is 0 Å². The van der Waals surface area contributed by atoms with Crippen molar-refractivity contribution in [3.05, 3.63) is 0 Å². The van der Waals surface area contributed by atoms with E-state index in [0.717, 1.165) is 12.5 Å². The maximum Gasteiger partial charge on any atom is 0.0650 e. The summed E-state index contributed by atoms with van der Waals surface area (Å²) in [6.07, 6.45) is 5.37. The van der Waals surface area contributed by atoms with Gasteiger partial charge in [-0.3, -0.25) is 0 Å². The second-order valence-electron chi connectivity index (χ2n) is 5.46. The molecule has 1 fully saturated rings. The highest BCUT2D eigenvalue weighted by atomic mass is 79.9. The van der Waals surface area contributed by atoms with Crippen LogP contribution in [0.3, 0.4) is 0 Å². The summed E-state index contributed by atoms with van der Waals surface area (Å²) in [5.41, 5.74) is 0.373. The van der Waals surface area contributed by atoms with Crippen LogP contribution in [0.4, 0.5) is 0 Å². The minimum atomic E-state index is 0.373. The Hall–Kier alpha value is 0.440. The number of halogens is 1. The molecule has 0 aromatic carbocycles. The lowest BCUT2D eigenvalue weighted by molar-refractivity contribution is -0.0971. The van der Waals surface area contributed by atoms with Crippen LogP contribution >= 0.6 is 15.9 Å². The summed E-state index contributed by atoms with van der Waals surface area (Å²) in [5, 5.41) is 0. The molecule has 1 rings (SSSR count). The maximum absolute atomic E-state index is 5.98. The van der Waals surface area contributed by atoms with Crippen molar-refractivity contribution < 1.29 is 4.74 Å². The second kappa shape index (κ2) is 5.67. The molecule has 90 valence electrons. The van der Waals surface area contributed by atoms with Gasteiger partial charge < -0.3 is 4.74 Å². The highest BCUT2D eigenvalue weighted by Crippen LogP contribution is 2.50. The van der Waals surface area contributed by atoms with Crippen LogP contribution in [0.25, 0.3) is 0 Å². The Kier molecular flexibility index (Phi) is 5.11. The largest absolute Gasteiger partial charge is 0.378 e. The van der Waals surface area contributed by atoms with Gasteiger partial charge in [-0.2, -0.15) is 0 Å². The molecule has 0 bridgehead atoms. The van der Waals surface area contributed by atoms with Crippen molar-refractivity contribution in [1.29, 1.82) is 0 Å². The van der Waals surface area contributed by atoms with Crippen LogP contribution in [0.5, 0.6) is 0 Å². The second-order valence-corrected chi connectivity index (χ2v) is 6.56. The van der Waals surface area contributed by atoms with E-state index in [9.17, 15) is 0 Å². The van der Waals surface area contributed by atoms with Crippen LogP contribution in [-0.2, 0) is 4.74 Å². The average molecular weight is 277 g/mol. The number of hydrogen-bond acceptors (Lipinski definition) is 1. The minimum Gasteiger partial charge on any atom is -0.378 e. The van der Waals surface area contributed by atoms with Gasteiger partial charge in [0.2, 0.25) is 0 Å². The lowest BCUT2D eigenvalue weighted by Gasteiger charge is -2.51. The lowest BCUT2D eigenvalue weighted by Crippen LogP contribution is -2.53. The summed E-state index contributed by atoms with van der Waals surface area (Å²) in [7, 11) is 0. The van der Waals surface area contributed by atoms with E-state index in [2.05, 4.69) is 43.6 Å². The van der Waals surface area contributed by atoms with E-state index >= 15 is 0 Å². The van der Waals surface area contributed by atoms with Crippen molar-refractivity contribution in [2.75, 3.05) is 6.61 Å². The van der Waals surface area contributed by atoms with E-state index in [1.165, 1.54) is 25.7 Å². The summed E-state index contributed by atoms with van der Waals surface area (Å²) in [6.45, 7) is 10.1. The first-order valence-corrected chi connectivity index (χ1v) is 7.18. The van der Waals surface area contributed by atoms with Crippen LogP contribution in [0.1, 0.15) is 53.4 Å². The van der Waals surface area contributed by atoms with E-state index < -0.39 is 0 Å². The van der Waals surface area contributed by atoms with Gasteiger partial charge in [-0.1, -0.05) is 43.6 Å². The summed E-state index contributed by atoms with van der Waals surface area (Å²) in [4.78, 5) is 0.657. The summed E-state index contributed by atoms with van der Waals surface area (Å²) in [6, 6.07) is 0. The van der Waals surface area contributed by atoms with Crippen molar-refractivity contribution in [2.24, 2.45) is 11.3 Å². The molecule has 0 aromatic rings. The zero-order valence-electron chi connectivity index (χ0n) is 10.6. The van der Waals surface area contributed by atoms with Gasteiger partial charge in [0.05, 0.1) is 6.10 Å². The fourth-order valence-electron chi connectivity index (χ4n) is 2.19. The molecule has 0 N–H and O–H groups in total. The standard InChI is InChI=1S/C13H25BrO/c1-5-13(4)11(14)9-12(13)15-8-6-7-10(2)3/h10-12H,5-9H2,1-4H3. The summed E-state index contributed by atoms with van der Waals surface area (Å²) >= 11 is 3.74. The Bertz CT molecular complexity index is 193. The SMILES string of the molecule is CCC1(C)C(Br)CC1OCCCC(C)C. The molecule has 1 nitrogen and oxygen atoms in total. The fraction of sp³-hybridized carbons (Fsp3) is 1.00. The third kappa shape index (κ3) is 3.20. The predicted molar refractivity (Wildman–Crippen MR) is 69.5 cm³/mol. The van der Waals surface area contributed by atoms with Crippen LogP contribution in [0.15, 0.2) is 0 Å². The summed E-state index contributed by atoms with van der Waals surface area (Å²) in [5.74, 6) is 0.802. The van der Waals surface area contributed by atoms with Gasteiger partial charge in [-0.25, -0.2) is 0 Å². The molecule has 2 heteroatoms. The Balaban J connectivity index is 2.18. The van der Waals surface area contributed by atoms with Crippen molar-refractivity contribution >= 4 is 15.9 Å². The third-order valence-corrected chi connectivity index (χ3v) is 5.30. The molecule has 1 aliphatic rings. The maximum atomic E-state index is 5.98. The smallest absolute Gasteiger partial charge is 0.0650 e. The molecule has 0 radical (unpaired) electrons. The monoisotopic (exact) mass is 276 g/mol. The molecular formula is C13H25BrO. The van der Waals surface area contributed by atoms with Gasteiger partial charge in [0, 0.05) is 16.8 Å². The normalized spacial score (nSPS) is 35.6. The topological polar surface area (TPSA) is 9.23 Å². The van der Waals surface area contributed by atoms with E-state index in [1.807, 2.05) is 0 Å². The Morgan fingerprint density at radius 2 is 2.13 bits per heavy atom. The number of hydrogen-bond donors (Lipinski definition) is 0. The number of alkyl halides is 1. The van der Waals surface area contributed by atoms with Gasteiger partial charge in [0.1, 0.15) is 0 Å². The molecule has 0 heterocycles. The molecular weight excluding hydrogens is 252 g/mol. The highest BCUT2D eigenvalue weighted by molar-refractivity contribution is 9.09. The van der Waals surface area contributed by atoms with Crippen LogP contribution in [0.2, 0.25) is 0 Å². The summed E-state index contributed by atoms with van der Waals surface area (Å²) < 4.78 is 5.98. The molecule has 0 aromatic heterocycles. The number of ether oxygens (including phenoxy) is 1. The Morgan fingerprint density at radius 3 is 2.60 bits per heavy atom. The first-order chi connectivity index (χ1) is 7.00. The van der Waals surface area contributed by atoms with Gasteiger partial charge in [0.15, 0.2) is 0 Å². The minimum absolute atomic E-state index is 0.373. The van der Waals surface area contributed by atoms with E-state index in [0.29, 0.717) is 16.3 Å². The fourth-order valence-corrected chi connectivity index (χ4v) is 3.15. The highest BCUT2D eigenvalue weighted by Gasteiger charge is 2.49. The molecule has 0 saturated heterocycles. The van der Waals surface area contributed by atoms with Crippen molar-refractivity contribution in [3.8, 4) is 0 Å². The van der Waals surface area contributed by atoms with E-state index in [1.54, 1.807) is 0 Å². The Morgan fingerprint density at radius 1 is 1.47 bits per heavy atom. The Labute approximate surface area is 103 Å². The van der Waals surface area contributed by atoms with Crippen LogP contribution in [-0.4, -0.2) is 17.5 Å². The van der Waals surface area contributed by atoms with Gasteiger partial charge in [-0.15, -0.1) is 0 Å². The van der Waals surface area contributed by atoms with Gasteiger partial charge in [-0.05, 0) is 31.6 Å². The molecule has 1 aliphatic carbocycles. The molecule has 0 aliphatic heterocycles. The van der Waals surface area contributed by atoms with E-state index in [4.69, 9.17) is 4.74 Å². The zero-order chi connectivity index (χ0) is 11.5. The molecule has 3 atom stereocenters.